The number of ether oxygens (including phenoxy) is 1. The van der Waals surface area contributed by atoms with Gasteiger partial charge in [-0.15, -0.1) is 10.2 Å². The molecule has 1 aliphatic rings. The van der Waals surface area contributed by atoms with Crippen LogP contribution in [0.2, 0.25) is 5.15 Å². The first kappa shape index (κ1) is 16.0. The Bertz CT molecular complexity index is 724. The van der Waals surface area contributed by atoms with Crippen molar-refractivity contribution >= 4 is 28.9 Å². The highest BCUT2D eigenvalue weighted by Crippen LogP contribution is 2.22. The fourth-order valence-corrected chi connectivity index (χ4v) is 2.87. The Morgan fingerprint density at radius 3 is 2.96 bits per heavy atom. The maximum Gasteiger partial charge on any atom is 0.410 e. The summed E-state index contributed by atoms with van der Waals surface area (Å²) in [6, 6.07) is 1.70. The summed E-state index contributed by atoms with van der Waals surface area (Å²) in [6.45, 7) is 7.76. The quantitative estimate of drug-likeness (QED) is 0.842. The van der Waals surface area contributed by atoms with Crippen molar-refractivity contribution in [1.82, 2.24) is 24.6 Å². The second-order valence-electron chi connectivity index (χ2n) is 6.85. The molecule has 1 atom stereocenters. The zero-order valence-electron chi connectivity index (χ0n) is 13.5. The molecular weight excluding hydrogens is 318 g/mol. The minimum Gasteiger partial charge on any atom is -0.444 e. The molecule has 0 bridgehead atoms. The van der Waals surface area contributed by atoms with Gasteiger partial charge in [0.1, 0.15) is 11.1 Å². The van der Waals surface area contributed by atoms with Crippen molar-refractivity contribution in [1.29, 1.82) is 0 Å². The molecule has 1 amide bonds. The van der Waals surface area contributed by atoms with E-state index in [0.717, 1.165) is 18.5 Å². The van der Waals surface area contributed by atoms with Gasteiger partial charge in [0.2, 0.25) is 0 Å². The number of imidazole rings is 1. The molecule has 0 saturated carbocycles. The predicted molar refractivity (Wildman–Crippen MR) is 86.2 cm³/mol. The Labute approximate surface area is 139 Å². The number of hydrogen-bond acceptors (Lipinski definition) is 5. The number of halogens is 1. The van der Waals surface area contributed by atoms with Crippen molar-refractivity contribution in [2.45, 2.75) is 39.3 Å². The summed E-state index contributed by atoms with van der Waals surface area (Å²) < 4.78 is 7.38. The SMILES string of the molecule is CC(C)(C)OC(=O)N1CC[C@H](Cn2cnc3cc(Cl)nnc32)C1. The van der Waals surface area contributed by atoms with Crippen molar-refractivity contribution in [2.24, 2.45) is 5.92 Å². The normalized spacial score (nSPS) is 18.6. The smallest absolute Gasteiger partial charge is 0.410 e. The number of rotatable bonds is 2. The number of amides is 1. The molecule has 1 fully saturated rings. The third-order valence-electron chi connectivity index (χ3n) is 3.73. The van der Waals surface area contributed by atoms with Crippen LogP contribution in [0.5, 0.6) is 0 Å². The molecule has 0 N–H and O–H groups in total. The highest BCUT2D eigenvalue weighted by atomic mass is 35.5. The molecule has 3 heterocycles. The third kappa shape index (κ3) is 3.72. The number of carbonyl (C=O) groups excluding carboxylic acids is 1. The van der Waals surface area contributed by atoms with Crippen LogP contribution in [-0.2, 0) is 11.3 Å². The lowest BCUT2D eigenvalue weighted by Crippen LogP contribution is -2.35. The maximum atomic E-state index is 12.1. The van der Waals surface area contributed by atoms with Crippen molar-refractivity contribution in [3.63, 3.8) is 0 Å². The minimum atomic E-state index is -0.468. The molecule has 1 aliphatic heterocycles. The molecule has 0 aliphatic carbocycles. The number of likely N-dealkylation sites (tertiary alicyclic amines) is 1. The summed E-state index contributed by atoms with van der Waals surface area (Å²) in [4.78, 5) is 18.2. The Hall–Kier alpha value is -1.89. The van der Waals surface area contributed by atoms with Gasteiger partial charge in [0.15, 0.2) is 10.8 Å². The molecule has 2 aromatic heterocycles. The molecule has 0 aromatic carbocycles. The van der Waals surface area contributed by atoms with E-state index >= 15 is 0 Å². The Balaban J connectivity index is 1.64. The third-order valence-corrected chi connectivity index (χ3v) is 3.91. The molecule has 124 valence electrons. The van der Waals surface area contributed by atoms with Gasteiger partial charge in [-0.1, -0.05) is 11.6 Å². The van der Waals surface area contributed by atoms with Gasteiger partial charge in [-0.05, 0) is 33.1 Å². The summed E-state index contributed by atoms with van der Waals surface area (Å²) in [5.41, 5.74) is 0.974. The van der Waals surface area contributed by atoms with E-state index in [0.29, 0.717) is 29.8 Å². The molecular formula is C15H20ClN5O2. The fraction of sp³-hybridized carbons (Fsp3) is 0.600. The first-order valence-corrected chi connectivity index (χ1v) is 8.01. The van der Waals surface area contributed by atoms with E-state index in [2.05, 4.69) is 15.2 Å². The number of fused-ring (bicyclic) bond motifs is 1. The van der Waals surface area contributed by atoms with Crippen LogP contribution >= 0.6 is 11.6 Å². The minimum absolute atomic E-state index is 0.248. The van der Waals surface area contributed by atoms with Crippen LogP contribution in [0.25, 0.3) is 11.2 Å². The monoisotopic (exact) mass is 337 g/mol. The topological polar surface area (TPSA) is 73.1 Å². The van der Waals surface area contributed by atoms with E-state index in [1.807, 2.05) is 25.3 Å². The lowest BCUT2D eigenvalue weighted by atomic mass is 10.1. The molecule has 8 heteroatoms. The molecule has 1 saturated heterocycles. The van der Waals surface area contributed by atoms with Crippen LogP contribution in [0.1, 0.15) is 27.2 Å². The van der Waals surface area contributed by atoms with Gasteiger partial charge < -0.3 is 14.2 Å². The molecule has 23 heavy (non-hydrogen) atoms. The van der Waals surface area contributed by atoms with Crippen LogP contribution < -0.4 is 0 Å². The molecule has 0 radical (unpaired) electrons. The largest absolute Gasteiger partial charge is 0.444 e. The maximum absolute atomic E-state index is 12.1. The Morgan fingerprint density at radius 2 is 2.22 bits per heavy atom. The van der Waals surface area contributed by atoms with Crippen molar-refractivity contribution < 1.29 is 9.53 Å². The number of hydrogen-bond donors (Lipinski definition) is 0. The summed E-state index contributed by atoms with van der Waals surface area (Å²) >= 11 is 5.82. The molecule has 7 nitrogen and oxygen atoms in total. The fourth-order valence-electron chi connectivity index (χ4n) is 2.72. The lowest BCUT2D eigenvalue weighted by Gasteiger charge is -2.24. The molecule has 0 unspecified atom stereocenters. The van der Waals surface area contributed by atoms with E-state index in [9.17, 15) is 4.79 Å². The Morgan fingerprint density at radius 1 is 1.43 bits per heavy atom. The van der Waals surface area contributed by atoms with E-state index in [4.69, 9.17) is 16.3 Å². The standard InChI is InChI=1S/C15H20ClN5O2/c1-15(2,3)23-14(22)20-5-4-10(7-20)8-21-9-17-11-6-12(16)18-19-13(11)21/h6,9-10H,4-5,7-8H2,1-3H3/t10-/m0/s1. The van der Waals surface area contributed by atoms with Crippen molar-refractivity contribution in [2.75, 3.05) is 13.1 Å². The van der Waals surface area contributed by atoms with E-state index < -0.39 is 5.60 Å². The second kappa shape index (κ2) is 5.96. The van der Waals surface area contributed by atoms with Crippen LogP contribution in [0.15, 0.2) is 12.4 Å². The van der Waals surface area contributed by atoms with Crippen LogP contribution in [-0.4, -0.2) is 49.4 Å². The Kier molecular flexibility index (Phi) is 4.14. The molecule has 0 spiro atoms. The van der Waals surface area contributed by atoms with Gasteiger partial charge in [-0.3, -0.25) is 0 Å². The van der Waals surface area contributed by atoms with Crippen molar-refractivity contribution in [3.8, 4) is 0 Å². The van der Waals surface area contributed by atoms with Gasteiger partial charge in [-0.2, -0.15) is 0 Å². The highest BCUT2D eigenvalue weighted by molar-refractivity contribution is 6.29. The van der Waals surface area contributed by atoms with Gasteiger partial charge in [0.25, 0.3) is 0 Å². The van der Waals surface area contributed by atoms with Crippen LogP contribution in [0, 0.1) is 5.92 Å². The van der Waals surface area contributed by atoms with Crippen molar-refractivity contribution in [3.05, 3.63) is 17.5 Å². The zero-order chi connectivity index (χ0) is 16.6. The highest BCUT2D eigenvalue weighted by Gasteiger charge is 2.30. The van der Waals surface area contributed by atoms with Gasteiger partial charge >= 0.3 is 6.09 Å². The van der Waals surface area contributed by atoms with Crippen LogP contribution in [0.4, 0.5) is 4.79 Å². The van der Waals surface area contributed by atoms with E-state index in [-0.39, 0.29) is 6.09 Å². The number of nitrogens with zero attached hydrogens (tertiary/aromatic N) is 5. The first-order valence-electron chi connectivity index (χ1n) is 7.64. The number of carbonyl (C=O) groups is 1. The summed E-state index contributed by atoms with van der Waals surface area (Å²) in [7, 11) is 0. The molecule has 3 rings (SSSR count). The first-order chi connectivity index (χ1) is 10.8. The summed E-state index contributed by atoms with van der Waals surface area (Å²) in [5.74, 6) is 0.345. The van der Waals surface area contributed by atoms with Gasteiger partial charge in [0.05, 0.1) is 6.33 Å². The van der Waals surface area contributed by atoms with Gasteiger partial charge in [-0.25, -0.2) is 9.78 Å². The molecule has 2 aromatic rings. The summed E-state index contributed by atoms with van der Waals surface area (Å²) in [5, 5.41) is 8.30. The zero-order valence-corrected chi connectivity index (χ0v) is 14.2. The average molecular weight is 338 g/mol. The predicted octanol–water partition coefficient (Wildman–Crippen LogP) is 2.74. The van der Waals surface area contributed by atoms with E-state index in [1.54, 1.807) is 17.3 Å². The summed E-state index contributed by atoms with van der Waals surface area (Å²) in [6.07, 6.45) is 2.42. The lowest BCUT2D eigenvalue weighted by molar-refractivity contribution is 0.0287. The average Bonchev–Trinajstić information content (AvgIpc) is 3.05. The second-order valence-corrected chi connectivity index (χ2v) is 7.24. The van der Waals surface area contributed by atoms with E-state index in [1.165, 1.54) is 0 Å². The van der Waals surface area contributed by atoms with Gasteiger partial charge in [0, 0.05) is 25.7 Å². The number of aromatic nitrogens is 4. The van der Waals surface area contributed by atoms with Crippen LogP contribution in [0.3, 0.4) is 0 Å².